The number of hydrogen-bond donors (Lipinski definition) is 1. The maximum atomic E-state index is 12.1. The number of nitrogens with zero attached hydrogens (tertiary/aromatic N) is 1. The topological polar surface area (TPSA) is 45.8 Å². The lowest BCUT2D eigenvalue weighted by molar-refractivity contribution is 0.631. The number of benzene rings is 1. The van der Waals surface area contributed by atoms with Crippen LogP contribution >= 0.6 is 22.6 Å². The number of H-pyrrole nitrogens is 1. The number of hydrogen-bond acceptors (Lipinski definition) is 2. The summed E-state index contributed by atoms with van der Waals surface area (Å²) in [5, 5.41) is 0. The maximum Gasteiger partial charge on any atom is 0.264 e. The lowest BCUT2D eigenvalue weighted by atomic mass is 10.0. The molecule has 0 aliphatic rings. The fourth-order valence-electron chi connectivity index (χ4n) is 2.23. The summed E-state index contributed by atoms with van der Waals surface area (Å²) in [5.74, 6) is 1.15. The van der Waals surface area contributed by atoms with Crippen LogP contribution in [0.3, 0.4) is 0 Å². The predicted octanol–water partition coefficient (Wildman–Crippen LogP) is 3.86. The van der Waals surface area contributed by atoms with Gasteiger partial charge in [-0.05, 0) is 54.3 Å². The quantitative estimate of drug-likeness (QED) is 0.820. The highest BCUT2D eigenvalue weighted by molar-refractivity contribution is 14.1. The average molecular weight is 382 g/mol. The Labute approximate surface area is 133 Å². The van der Waals surface area contributed by atoms with Gasteiger partial charge in [0.2, 0.25) is 0 Å². The molecule has 0 radical (unpaired) electrons. The molecule has 2 rings (SSSR count). The van der Waals surface area contributed by atoms with Gasteiger partial charge in [0.15, 0.2) is 0 Å². The molecular weight excluding hydrogens is 363 g/mol. The SMILES string of the molecule is Cc1ccc(-c2nc(CC(C)C)c(I)c(=O)[nH]2)c(C)c1. The number of aromatic nitrogens is 2. The minimum absolute atomic E-state index is 0.0498. The van der Waals surface area contributed by atoms with Gasteiger partial charge in [0.1, 0.15) is 5.82 Å². The Morgan fingerprint density at radius 3 is 2.60 bits per heavy atom. The van der Waals surface area contributed by atoms with Gasteiger partial charge >= 0.3 is 0 Å². The molecule has 1 heterocycles. The first-order valence-electron chi connectivity index (χ1n) is 6.74. The van der Waals surface area contributed by atoms with Crippen molar-refractivity contribution in [2.45, 2.75) is 34.1 Å². The predicted molar refractivity (Wildman–Crippen MR) is 91.0 cm³/mol. The number of nitrogens with one attached hydrogen (secondary N) is 1. The van der Waals surface area contributed by atoms with Crippen LogP contribution in [0.2, 0.25) is 0 Å². The fourth-order valence-corrected chi connectivity index (χ4v) is 2.71. The van der Waals surface area contributed by atoms with Crippen LogP contribution in [0.1, 0.15) is 30.7 Å². The summed E-state index contributed by atoms with van der Waals surface area (Å²) in [4.78, 5) is 19.7. The van der Waals surface area contributed by atoms with Crippen molar-refractivity contribution in [1.29, 1.82) is 0 Å². The Morgan fingerprint density at radius 2 is 2.00 bits per heavy atom. The second-order valence-electron chi connectivity index (χ2n) is 5.59. The lowest BCUT2D eigenvalue weighted by Crippen LogP contribution is -2.17. The Bertz CT molecular complexity index is 689. The number of rotatable bonds is 3. The van der Waals surface area contributed by atoms with Crippen LogP contribution in [0.4, 0.5) is 0 Å². The van der Waals surface area contributed by atoms with E-state index in [2.05, 4.69) is 59.4 Å². The molecule has 20 heavy (non-hydrogen) atoms. The van der Waals surface area contributed by atoms with Crippen LogP contribution in [-0.2, 0) is 6.42 Å². The molecule has 3 nitrogen and oxygen atoms in total. The minimum atomic E-state index is -0.0498. The van der Waals surface area contributed by atoms with Gasteiger partial charge in [0.25, 0.3) is 5.56 Å². The van der Waals surface area contributed by atoms with Crippen LogP contribution in [0.25, 0.3) is 11.4 Å². The molecule has 2 aromatic rings. The van der Waals surface area contributed by atoms with E-state index in [0.29, 0.717) is 15.3 Å². The van der Waals surface area contributed by atoms with Crippen molar-refractivity contribution in [3.05, 3.63) is 48.9 Å². The standard InChI is InChI=1S/C16H19IN2O/c1-9(2)7-13-14(17)16(20)19-15(18-13)12-6-5-10(3)8-11(12)4/h5-6,8-9H,7H2,1-4H3,(H,18,19,20). The Balaban J connectivity index is 2.57. The van der Waals surface area contributed by atoms with E-state index in [1.165, 1.54) is 5.56 Å². The van der Waals surface area contributed by atoms with Gasteiger partial charge in [-0.1, -0.05) is 37.6 Å². The van der Waals surface area contributed by atoms with Crippen LogP contribution in [0.5, 0.6) is 0 Å². The highest BCUT2D eigenvalue weighted by Gasteiger charge is 2.12. The van der Waals surface area contributed by atoms with Gasteiger partial charge in [-0.2, -0.15) is 0 Å². The number of halogens is 1. The molecular formula is C16H19IN2O. The van der Waals surface area contributed by atoms with E-state index in [-0.39, 0.29) is 5.56 Å². The molecule has 106 valence electrons. The zero-order valence-corrected chi connectivity index (χ0v) is 14.4. The third-order valence-electron chi connectivity index (χ3n) is 3.17. The van der Waals surface area contributed by atoms with E-state index >= 15 is 0 Å². The summed E-state index contributed by atoms with van der Waals surface area (Å²) in [6.07, 6.45) is 0.820. The van der Waals surface area contributed by atoms with Crippen molar-refractivity contribution in [3.63, 3.8) is 0 Å². The first-order chi connectivity index (χ1) is 9.38. The highest BCUT2D eigenvalue weighted by Crippen LogP contribution is 2.21. The van der Waals surface area contributed by atoms with Crippen molar-refractivity contribution < 1.29 is 0 Å². The zero-order chi connectivity index (χ0) is 14.9. The molecule has 0 amide bonds. The first kappa shape index (κ1) is 15.2. The molecule has 0 aliphatic heterocycles. The van der Waals surface area contributed by atoms with Crippen LogP contribution in [0, 0.1) is 23.3 Å². The largest absolute Gasteiger partial charge is 0.306 e. The van der Waals surface area contributed by atoms with Gasteiger partial charge in [-0.15, -0.1) is 0 Å². The summed E-state index contributed by atoms with van der Waals surface area (Å²) in [7, 11) is 0. The number of aromatic amines is 1. The van der Waals surface area contributed by atoms with Gasteiger partial charge in [-0.25, -0.2) is 4.98 Å². The molecule has 4 heteroatoms. The van der Waals surface area contributed by atoms with Crippen LogP contribution in [-0.4, -0.2) is 9.97 Å². The van der Waals surface area contributed by atoms with E-state index in [1.807, 2.05) is 19.1 Å². The minimum Gasteiger partial charge on any atom is -0.306 e. The molecule has 1 aromatic carbocycles. The maximum absolute atomic E-state index is 12.1. The smallest absolute Gasteiger partial charge is 0.264 e. The van der Waals surface area contributed by atoms with E-state index in [0.717, 1.165) is 23.2 Å². The van der Waals surface area contributed by atoms with E-state index in [4.69, 9.17) is 0 Å². The van der Waals surface area contributed by atoms with Crippen LogP contribution in [0.15, 0.2) is 23.0 Å². The van der Waals surface area contributed by atoms with Crippen molar-refractivity contribution in [2.75, 3.05) is 0 Å². The molecule has 0 saturated heterocycles. The average Bonchev–Trinajstić information content (AvgIpc) is 2.34. The summed E-state index contributed by atoms with van der Waals surface area (Å²) in [6, 6.07) is 6.17. The van der Waals surface area contributed by atoms with Crippen molar-refractivity contribution >= 4 is 22.6 Å². The summed E-state index contributed by atoms with van der Waals surface area (Å²) < 4.78 is 0.699. The molecule has 0 aliphatic carbocycles. The second kappa shape index (κ2) is 6.08. The van der Waals surface area contributed by atoms with Gasteiger partial charge in [-0.3, -0.25) is 4.79 Å². The third kappa shape index (κ3) is 3.29. The Morgan fingerprint density at radius 1 is 1.30 bits per heavy atom. The summed E-state index contributed by atoms with van der Waals surface area (Å²) >= 11 is 2.08. The molecule has 1 aromatic heterocycles. The molecule has 0 unspecified atom stereocenters. The summed E-state index contributed by atoms with van der Waals surface area (Å²) in [6.45, 7) is 8.37. The molecule has 0 atom stereocenters. The van der Waals surface area contributed by atoms with Crippen LogP contribution < -0.4 is 5.56 Å². The molecule has 0 saturated carbocycles. The fraction of sp³-hybridized carbons (Fsp3) is 0.375. The highest BCUT2D eigenvalue weighted by atomic mass is 127. The molecule has 0 spiro atoms. The van der Waals surface area contributed by atoms with E-state index in [9.17, 15) is 4.79 Å². The number of aryl methyl sites for hydroxylation is 2. The normalized spacial score (nSPS) is 11.1. The van der Waals surface area contributed by atoms with Crippen molar-refractivity contribution in [3.8, 4) is 11.4 Å². The molecule has 0 bridgehead atoms. The summed E-state index contributed by atoms with van der Waals surface area (Å²) in [5.41, 5.74) is 4.17. The first-order valence-corrected chi connectivity index (χ1v) is 7.82. The molecule has 0 fully saturated rings. The Hall–Kier alpha value is -1.17. The van der Waals surface area contributed by atoms with Gasteiger partial charge in [0, 0.05) is 5.56 Å². The van der Waals surface area contributed by atoms with Crippen molar-refractivity contribution in [2.24, 2.45) is 5.92 Å². The Kier molecular flexibility index (Phi) is 4.62. The third-order valence-corrected chi connectivity index (χ3v) is 4.28. The lowest BCUT2D eigenvalue weighted by Gasteiger charge is -2.11. The van der Waals surface area contributed by atoms with Crippen molar-refractivity contribution in [1.82, 2.24) is 9.97 Å². The van der Waals surface area contributed by atoms with E-state index in [1.54, 1.807) is 0 Å². The zero-order valence-electron chi connectivity index (χ0n) is 12.2. The van der Waals surface area contributed by atoms with E-state index < -0.39 is 0 Å². The van der Waals surface area contributed by atoms with Gasteiger partial charge < -0.3 is 4.98 Å². The van der Waals surface area contributed by atoms with Gasteiger partial charge in [0.05, 0.1) is 9.26 Å². The molecule has 1 N–H and O–H groups in total. The monoisotopic (exact) mass is 382 g/mol. The second-order valence-corrected chi connectivity index (χ2v) is 6.67.